The first-order valence-corrected chi connectivity index (χ1v) is 6.60. The minimum Gasteiger partial charge on any atom is -0.326 e. The van der Waals surface area contributed by atoms with Crippen molar-refractivity contribution in [3.8, 4) is 0 Å². The highest BCUT2D eigenvalue weighted by atomic mass is 19.1. The SMILES string of the molecule is O=C(CCC1CCNCC1)Nc1cc(F)cc(F)c1. The van der Waals surface area contributed by atoms with E-state index in [-0.39, 0.29) is 11.6 Å². The van der Waals surface area contributed by atoms with Crippen molar-refractivity contribution in [2.75, 3.05) is 18.4 Å². The maximum absolute atomic E-state index is 13.0. The van der Waals surface area contributed by atoms with E-state index in [1.807, 2.05) is 0 Å². The first-order chi connectivity index (χ1) is 9.13. The molecule has 0 aliphatic carbocycles. The molecular formula is C14H18F2N2O. The van der Waals surface area contributed by atoms with Crippen LogP contribution in [0.1, 0.15) is 25.7 Å². The molecule has 1 aromatic rings. The van der Waals surface area contributed by atoms with Gasteiger partial charge in [0.15, 0.2) is 0 Å². The molecule has 0 unspecified atom stereocenters. The number of hydrogen-bond acceptors (Lipinski definition) is 2. The summed E-state index contributed by atoms with van der Waals surface area (Å²) >= 11 is 0. The molecular weight excluding hydrogens is 250 g/mol. The molecule has 2 N–H and O–H groups in total. The van der Waals surface area contributed by atoms with Gasteiger partial charge in [-0.1, -0.05) is 0 Å². The number of nitrogens with one attached hydrogen (secondary N) is 2. The number of hydrogen-bond donors (Lipinski definition) is 2. The Morgan fingerprint density at radius 1 is 1.21 bits per heavy atom. The fourth-order valence-electron chi connectivity index (χ4n) is 2.36. The summed E-state index contributed by atoms with van der Waals surface area (Å²) in [5, 5.41) is 5.80. The zero-order valence-electron chi connectivity index (χ0n) is 10.7. The van der Waals surface area contributed by atoms with Gasteiger partial charge in [-0.25, -0.2) is 8.78 Å². The molecule has 1 aromatic carbocycles. The molecule has 5 heteroatoms. The summed E-state index contributed by atoms with van der Waals surface area (Å²) in [6, 6.07) is 3.02. The predicted molar refractivity (Wildman–Crippen MR) is 69.8 cm³/mol. The number of halogens is 2. The van der Waals surface area contributed by atoms with E-state index in [2.05, 4.69) is 10.6 Å². The van der Waals surface area contributed by atoms with Crippen LogP contribution >= 0.6 is 0 Å². The maximum Gasteiger partial charge on any atom is 0.224 e. The van der Waals surface area contributed by atoms with E-state index in [0.717, 1.165) is 50.6 Å². The van der Waals surface area contributed by atoms with E-state index in [4.69, 9.17) is 0 Å². The topological polar surface area (TPSA) is 41.1 Å². The third-order valence-corrected chi connectivity index (χ3v) is 3.38. The zero-order chi connectivity index (χ0) is 13.7. The van der Waals surface area contributed by atoms with Crippen molar-refractivity contribution in [1.82, 2.24) is 5.32 Å². The number of benzene rings is 1. The molecule has 0 bridgehead atoms. The molecule has 1 saturated heterocycles. The zero-order valence-corrected chi connectivity index (χ0v) is 10.7. The van der Waals surface area contributed by atoms with Crippen molar-refractivity contribution in [3.05, 3.63) is 29.8 Å². The molecule has 1 aliphatic heterocycles. The van der Waals surface area contributed by atoms with Crippen LogP contribution in [0.3, 0.4) is 0 Å². The van der Waals surface area contributed by atoms with Gasteiger partial charge >= 0.3 is 0 Å². The second-order valence-corrected chi connectivity index (χ2v) is 4.94. The van der Waals surface area contributed by atoms with Crippen LogP contribution in [-0.4, -0.2) is 19.0 Å². The van der Waals surface area contributed by atoms with E-state index >= 15 is 0 Å². The van der Waals surface area contributed by atoms with Crippen LogP contribution in [-0.2, 0) is 4.79 Å². The summed E-state index contributed by atoms with van der Waals surface area (Å²) in [7, 11) is 0. The monoisotopic (exact) mass is 268 g/mol. The number of anilines is 1. The Morgan fingerprint density at radius 3 is 2.47 bits per heavy atom. The second-order valence-electron chi connectivity index (χ2n) is 4.94. The smallest absolute Gasteiger partial charge is 0.224 e. The fraction of sp³-hybridized carbons (Fsp3) is 0.500. The predicted octanol–water partition coefficient (Wildman–Crippen LogP) is 2.68. The molecule has 1 heterocycles. The maximum atomic E-state index is 13.0. The normalized spacial score (nSPS) is 16.3. The van der Waals surface area contributed by atoms with Gasteiger partial charge in [0.05, 0.1) is 0 Å². The van der Waals surface area contributed by atoms with Gasteiger partial charge in [-0.05, 0) is 50.4 Å². The van der Waals surface area contributed by atoms with Crippen LogP contribution in [0.5, 0.6) is 0 Å². The van der Waals surface area contributed by atoms with Crippen molar-refractivity contribution in [2.45, 2.75) is 25.7 Å². The molecule has 3 nitrogen and oxygen atoms in total. The first kappa shape index (κ1) is 13.9. The molecule has 0 aromatic heterocycles. The van der Waals surface area contributed by atoms with Crippen LogP contribution in [0.4, 0.5) is 14.5 Å². The van der Waals surface area contributed by atoms with Gasteiger partial charge in [0, 0.05) is 18.2 Å². The molecule has 1 fully saturated rings. The van der Waals surface area contributed by atoms with Crippen LogP contribution < -0.4 is 10.6 Å². The Labute approximate surface area is 111 Å². The molecule has 0 radical (unpaired) electrons. The highest BCUT2D eigenvalue weighted by Crippen LogP contribution is 2.19. The Hall–Kier alpha value is -1.49. The molecule has 0 atom stereocenters. The minimum absolute atomic E-state index is 0.174. The van der Waals surface area contributed by atoms with Gasteiger partial charge in [-0.3, -0.25) is 4.79 Å². The number of rotatable bonds is 4. The molecule has 104 valence electrons. The first-order valence-electron chi connectivity index (χ1n) is 6.60. The quantitative estimate of drug-likeness (QED) is 0.881. The Bertz CT molecular complexity index is 425. The van der Waals surface area contributed by atoms with Crippen molar-refractivity contribution < 1.29 is 13.6 Å². The molecule has 19 heavy (non-hydrogen) atoms. The van der Waals surface area contributed by atoms with E-state index in [1.165, 1.54) is 0 Å². The van der Waals surface area contributed by atoms with Crippen molar-refractivity contribution in [1.29, 1.82) is 0 Å². The lowest BCUT2D eigenvalue weighted by Crippen LogP contribution is -2.28. The lowest BCUT2D eigenvalue weighted by Gasteiger charge is -2.22. The molecule has 1 amide bonds. The lowest BCUT2D eigenvalue weighted by molar-refractivity contribution is -0.116. The Kier molecular flexibility index (Phi) is 4.85. The van der Waals surface area contributed by atoms with E-state index in [0.29, 0.717) is 12.3 Å². The van der Waals surface area contributed by atoms with Gasteiger partial charge < -0.3 is 10.6 Å². The average molecular weight is 268 g/mol. The fourth-order valence-corrected chi connectivity index (χ4v) is 2.36. The summed E-state index contributed by atoms with van der Waals surface area (Å²) in [6.07, 6.45) is 3.39. The highest BCUT2D eigenvalue weighted by molar-refractivity contribution is 5.90. The summed E-state index contributed by atoms with van der Waals surface area (Å²) < 4.78 is 25.9. The molecule has 0 spiro atoms. The highest BCUT2D eigenvalue weighted by Gasteiger charge is 2.14. The number of carbonyl (C=O) groups excluding carboxylic acids is 1. The van der Waals surface area contributed by atoms with Gasteiger partial charge in [-0.15, -0.1) is 0 Å². The number of amides is 1. The average Bonchev–Trinajstić information content (AvgIpc) is 2.36. The summed E-state index contributed by atoms with van der Waals surface area (Å²) in [4.78, 5) is 11.7. The molecule has 2 rings (SSSR count). The Balaban J connectivity index is 1.80. The lowest BCUT2D eigenvalue weighted by atomic mass is 9.93. The third kappa shape index (κ3) is 4.59. The third-order valence-electron chi connectivity index (χ3n) is 3.38. The van der Waals surface area contributed by atoms with Crippen LogP contribution in [0.15, 0.2) is 18.2 Å². The Morgan fingerprint density at radius 2 is 1.84 bits per heavy atom. The van der Waals surface area contributed by atoms with Crippen LogP contribution in [0, 0.1) is 17.6 Å². The summed E-state index contributed by atoms with van der Waals surface area (Å²) in [6.45, 7) is 2.00. The molecule has 0 saturated carbocycles. The van der Waals surface area contributed by atoms with Crippen molar-refractivity contribution in [3.63, 3.8) is 0 Å². The van der Waals surface area contributed by atoms with E-state index in [1.54, 1.807) is 0 Å². The van der Waals surface area contributed by atoms with E-state index in [9.17, 15) is 13.6 Å². The second kappa shape index (κ2) is 6.61. The number of carbonyl (C=O) groups is 1. The van der Waals surface area contributed by atoms with Gasteiger partial charge in [-0.2, -0.15) is 0 Å². The van der Waals surface area contributed by atoms with Crippen molar-refractivity contribution >= 4 is 11.6 Å². The van der Waals surface area contributed by atoms with Crippen LogP contribution in [0.25, 0.3) is 0 Å². The van der Waals surface area contributed by atoms with E-state index < -0.39 is 11.6 Å². The van der Waals surface area contributed by atoms with Gasteiger partial charge in [0.25, 0.3) is 0 Å². The van der Waals surface area contributed by atoms with Gasteiger partial charge in [0.2, 0.25) is 5.91 Å². The standard InChI is InChI=1S/C14H18F2N2O/c15-11-7-12(16)9-13(8-11)18-14(19)2-1-10-3-5-17-6-4-10/h7-10,17H,1-6H2,(H,18,19). The van der Waals surface area contributed by atoms with Crippen LogP contribution in [0.2, 0.25) is 0 Å². The summed E-state index contributed by atoms with van der Waals surface area (Å²) in [5.74, 6) is -0.998. The minimum atomic E-state index is -0.686. The van der Waals surface area contributed by atoms with Gasteiger partial charge in [0.1, 0.15) is 11.6 Å². The molecule has 1 aliphatic rings. The number of piperidine rings is 1. The largest absolute Gasteiger partial charge is 0.326 e. The van der Waals surface area contributed by atoms with Crippen molar-refractivity contribution in [2.24, 2.45) is 5.92 Å². The summed E-state index contributed by atoms with van der Waals surface area (Å²) in [5.41, 5.74) is 0.174.